The largest absolute Gasteiger partial charge is 0.495 e. The molecule has 21 heavy (non-hydrogen) atoms. The second kappa shape index (κ2) is 5.36. The van der Waals surface area contributed by atoms with Gasteiger partial charge in [0.15, 0.2) is 5.82 Å². The number of benzene rings is 1. The predicted molar refractivity (Wildman–Crippen MR) is 66.4 cm³/mol. The SMILES string of the molecule is COc1cc(-n2ncc(C(F)(F)F)cc2=O)c(F)cc1Cl. The van der Waals surface area contributed by atoms with Gasteiger partial charge in [-0.15, -0.1) is 0 Å². The van der Waals surface area contributed by atoms with Crippen LogP contribution in [0.5, 0.6) is 5.75 Å². The second-order valence-electron chi connectivity index (χ2n) is 3.93. The Morgan fingerprint density at radius 1 is 1.29 bits per heavy atom. The first-order valence-corrected chi connectivity index (χ1v) is 5.82. The van der Waals surface area contributed by atoms with E-state index in [2.05, 4.69) is 5.10 Å². The molecule has 0 fully saturated rings. The quantitative estimate of drug-likeness (QED) is 0.798. The van der Waals surface area contributed by atoms with Gasteiger partial charge in [0, 0.05) is 12.1 Å². The number of halogens is 5. The summed E-state index contributed by atoms with van der Waals surface area (Å²) in [6, 6.07) is 2.27. The summed E-state index contributed by atoms with van der Waals surface area (Å²) in [5, 5.41) is 3.28. The molecule has 112 valence electrons. The fourth-order valence-electron chi connectivity index (χ4n) is 1.58. The molecule has 1 aromatic heterocycles. The highest BCUT2D eigenvalue weighted by Gasteiger charge is 2.31. The van der Waals surface area contributed by atoms with Crippen molar-refractivity contribution in [3.05, 3.63) is 51.2 Å². The van der Waals surface area contributed by atoms with Crippen LogP contribution in [0.4, 0.5) is 17.6 Å². The molecule has 0 atom stereocenters. The van der Waals surface area contributed by atoms with Gasteiger partial charge in [0.05, 0.1) is 23.9 Å². The molecule has 0 saturated carbocycles. The third-order valence-corrected chi connectivity index (χ3v) is 2.87. The number of alkyl halides is 3. The van der Waals surface area contributed by atoms with E-state index in [4.69, 9.17) is 16.3 Å². The zero-order chi connectivity index (χ0) is 15.8. The van der Waals surface area contributed by atoms with Crippen molar-refractivity contribution in [3.8, 4) is 11.4 Å². The lowest BCUT2D eigenvalue weighted by molar-refractivity contribution is -0.138. The summed E-state index contributed by atoms with van der Waals surface area (Å²) in [6.07, 6.45) is -4.27. The molecule has 1 heterocycles. The van der Waals surface area contributed by atoms with Gasteiger partial charge in [-0.2, -0.15) is 23.0 Å². The molecule has 4 nitrogen and oxygen atoms in total. The first-order chi connectivity index (χ1) is 9.74. The van der Waals surface area contributed by atoms with E-state index in [1.54, 1.807) is 0 Å². The van der Waals surface area contributed by atoms with E-state index < -0.39 is 23.1 Å². The topological polar surface area (TPSA) is 44.1 Å². The predicted octanol–water partition coefficient (Wildman–Crippen LogP) is 3.05. The number of aromatic nitrogens is 2. The van der Waals surface area contributed by atoms with E-state index >= 15 is 0 Å². The van der Waals surface area contributed by atoms with Crippen molar-refractivity contribution in [1.29, 1.82) is 0 Å². The standard InChI is InChI=1S/C12H7ClF4N2O2/c1-21-10-4-9(8(14)3-7(10)13)19-11(20)2-6(5-18-19)12(15,16)17/h2-5H,1H3. The van der Waals surface area contributed by atoms with Gasteiger partial charge in [0.2, 0.25) is 0 Å². The van der Waals surface area contributed by atoms with Crippen molar-refractivity contribution in [1.82, 2.24) is 9.78 Å². The van der Waals surface area contributed by atoms with Gasteiger partial charge in [0.1, 0.15) is 11.4 Å². The van der Waals surface area contributed by atoms with E-state index in [-0.39, 0.29) is 16.5 Å². The van der Waals surface area contributed by atoms with Crippen LogP contribution in [0.25, 0.3) is 5.69 Å². The summed E-state index contributed by atoms with van der Waals surface area (Å²) in [5.41, 5.74) is -2.71. The molecule has 0 aliphatic carbocycles. The van der Waals surface area contributed by atoms with Crippen LogP contribution in [0.3, 0.4) is 0 Å². The third-order valence-electron chi connectivity index (χ3n) is 2.58. The van der Waals surface area contributed by atoms with Crippen molar-refractivity contribution in [3.63, 3.8) is 0 Å². The van der Waals surface area contributed by atoms with Crippen LogP contribution in [0.15, 0.2) is 29.2 Å². The number of hydrogen-bond donors (Lipinski definition) is 0. The molecule has 0 spiro atoms. The summed E-state index contributed by atoms with van der Waals surface area (Å²) in [4.78, 5) is 11.7. The third kappa shape index (κ3) is 2.99. The average molecular weight is 323 g/mol. The Bertz CT molecular complexity index is 743. The van der Waals surface area contributed by atoms with Crippen LogP contribution in [0, 0.1) is 5.82 Å². The zero-order valence-electron chi connectivity index (χ0n) is 10.4. The average Bonchev–Trinajstić information content (AvgIpc) is 2.38. The number of rotatable bonds is 2. The summed E-state index contributed by atoms with van der Waals surface area (Å²) in [6.45, 7) is 0. The maximum atomic E-state index is 13.8. The number of nitrogens with zero attached hydrogens (tertiary/aromatic N) is 2. The minimum atomic E-state index is -4.71. The van der Waals surface area contributed by atoms with E-state index in [9.17, 15) is 22.4 Å². The Labute approximate surface area is 120 Å². The van der Waals surface area contributed by atoms with E-state index in [1.165, 1.54) is 7.11 Å². The smallest absolute Gasteiger partial charge is 0.418 e. The molecule has 1 aromatic carbocycles. The Hall–Kier alpha value is -2.09. The molecule has 0 aliphatic heterocycles. The Morgan fingerprint density at radius 2 is 1.95 bits per heavy atom. The minimum absolute atomic E-state index is 0.0429. The monoisotopic (exact) mass is 322 g/mol. The highest BCUT2D eigenvalue weighted by Crippen LogP contribution is 2.30. The second-order valence-corrected chi connectivity index (χ2v) is 4.34. The fourth-order valence-corrected chi connectivity index (χ4v) is 1.81. The highest BCUT2D eigenvalue weighted by atomic mass is 35.5. The lowest BCUT2D eigenvalue weighted by atomic mass is 10.2. The van der Waals surface area contributed by atoms with Crippen molar-refractivity contribution in [2.24, 2.45) is 0 Å². The molecular weight excluding hydrogens is 316 g/mol. The van der Waals surface area contributed by atoms with Crippen molar-refractivity contribution >= 4 is 11.6 Å². The molecule has 2 aromatic rings. The Morgan fingerprint density at radius 3 is 2.48 bits per heavy atom. The summed E-state index contributed by atoms with van der Waals surface area (Å²) in [5.74, 6) is -0.864. The van der Waals surface area contributed by atoms with Gasteiger partial charge in [-0.25, -0.2) is 4.39 Å². The maximum Gasteiger partial charge on any atom is 0.418 e. The molecule has 9 heteroatoms. The van der Waals surface area contributed by atoms with Gasteiger partial charge in [0.25, 0.3) is 5.56 Å². The minimum Gasteiger partial charge on any atom is -0.495 e. The van der Waals surface area contributed by atoms with Gasteiger partial charge in [-0.1, -0.05) is 11.6 Å². The van der Waals surface area contributed by atoms with Crippen molar-refractivity contribution < 1.29 is 22.3 Å². The lowest BCUT2D eigenvalue weighted by Gasteiger charge is -2.11. The van der Waals surface area contributed by atoms with Gasteiger partial charge in [-0.05, 0) is 6.07 Å². The van der Waals surface area contributed by atoms with Crippen LogP contribution in [0.2, 0.25) is 5.02 Å². The maximum absolute atomic E-state index is 13.8. The van der Waals surface area contributed by atoms with E-state index in [1.807, 2.05) is 0 Å². The Kier molecular flexibility index (Phi) is 3.91. The van der Waals surface area contributed by atoms with Crippen LogP contribution in [0.1, 0.15) is 5.56 Å². The van der Waals surface area contributed by atoms with E-state index in [0.29, 0.717) is 16.9 Å². The number of ether oxygens (including phenoxy) is 1. The summed E-state index contributed by atoms with van der Waals surface area (Å²) >= 11 is 5.69. The highest BCUT2D eigenvalue weighted by molar-refractivity contribution is 6.32. The van der Waals surface area contributed by atoms with Crippen molar-refractivity contribution in [2.45, 2.75) is 6.18 Å². The van der Waals surface area contributed by atoms with Crippen LogP contribution < -0.4 is 10.3 Å². The molecule has 0 bridgehead atoms. The molecule has 0 radical (unpaired) electrons. The van der Waals surface area contributed by atoms with Crippen LogP contribution in [-0.2, 0) is 6.18 Å². The molecule has 2 rings (SSSR count). The fraction of sp³-hybridized carbons (Fsp3) is 0.167. The number of hydrogen-bond acceptors (Lipinski definition) is 3. The zero-order valence-corrected chi connectivity index (χ0v) is 11.2. The summed E-state index contributed by atoms with van der Waals surface area (Å²) < 4.78 is 56.5. The normalized spacial score (nSPS) is 11.5. The van der Waals surface area contributed by atoms with Gasteiger partial charge in [-0.3, -0.25) is 4.79 Å². The molecule has 0 amide bonds. The molecule has 0 aliphatic rings. The molecule has 0 unspecified atom stereocenters. The first-order valence-electron chi connectivity index (χ1n) is 5.44. The number of methoxy groups -OCH3 is 1. The van der Waals surface area contributed by atoms with Crippen LogP contribution >= 0.6 is 11.6 Å². The van der Waals surface area contributed by atoms with Crippen LogP contribution in [-0.4, -0.2) is 16.9 Å². The van der Waals surface area contributed by atoms with Gasteiger partial charge < -0.3 is 4.74 Å². The summed E-state index contributed by atoms with van der Waals surface area (Å²) in [7, 11) is 1.27. The van der Waals surface area contributed by atoms with Crippen molar-refractivity contribution in [2.75, 3.05) is 7.11 Å². The molecule has 0 N–H and O–H groups in total. The molecular formula is C12H7ClF4N2O2. The Balaban J connectivity index is 2.61. The van der Waals surface area contributed by atoms with E-state index in [0.717, 1.165) is 12.1 Å². The molecule has 0 saturated heterocycles. The van der Waals surface area contributed by atoms with Gasteiger partial charge >= 0.3 is 6.18 Å². The lowest BCUT2D eigenvalue weighted by Crippen LogP contribution is -2.24. The first kappa shape index (κ1) is 15.3.